The zero-order chi connectivity index (χ0) is 13.7. The number of carbonyl (C=O) groups excluding carboxylic acids is 1. The van der Waals surface area contributed by atoms with Crippen molar-refractivity contribution in [2.24, 2.45) is 0 Å². The van der Waals surface area contributed by atoms with Crippen molar-refractivity contribution < 1.29 is 14.3 Å². The van der Waals surface area contributed by atoms with Gasteiger partial charge in [0.2, 0.25) is 5.91 Å². The van der Waals surface area contributed by atoms with Gasteiger partial charge >= 0.3 is 0 Å². The second kappa shape index (κ2) is 7.22. The molecule has 3 unspecified atom stereocenters. The fraction of sp³-hybridized carbons (Fsp3) is 0.929. The largest absolute Gasteiger partial charge is 0.377 e. The van der Waals surface area contributed by atoms with E-state index in [2.05, 4.69) is 5.32 Å². The van der Waals surface area contributed by atoms with Crippen LogP contribution in [0.3, 0.4) is 0 Å². The third-order valence-corrected chi connectivity index (χ3v) is 4.29. The number of rotatable bonds is 5. The molecule has 2 aliphatic rings. The number of amides is 1. The topological polar surface area (TPSA) is 50.8 Å². The molecule has 2 aliphatic heterocycles. The summed E-state index contributed by atoms with van der Waals surface area (Å²) in [7, 11) is 3.35. The van der Waals surface area contributed by atoms with Crippen LogP contribution in [0.25, 0.3) is 0 Å². The van der Waals surface area contributed by atoms with Gasteiger partial charge in [-0.3, -0.25) is 4.79 Å². The fourth-order valence-corrected chi connectivity index (χ4v) is 3.03. The van der Waals surface area contributed by atoms with E-state index in [0.717, 1.165) is 13.0 Å². The molecule has 0 spiro atoms. The molecule has 19 heavy (non-hydrogen) atoms. The molecule has 2 fully saturated rings. The molecule has 0 saturated carbocycles. The number of piperidine rings is 1. The quantitative estimate of drug-likeness (QED) is 0.802. The highest BCUT2D eigenvalue weighted by atomic mass is 16.5. The van der Waals surface area contributed by atoms with Crippen molar-refractivity contribution in [1.82, 2.24) is 10.2 Å². The molecule has 0 aromatic rings. The highest BCUT2D eigenvalue weighted by Crippen LogP contribution is 2.18. The van der Waals surface area contributed by atoms with Crippen LogP contribution >= 0.6 is 0 Å². The molecule has 0 aromatic carbocycles. The van der Waals surface area contributed by atoms with Crippen molar-refractivity contribution in [1.29, 1.82) is 0 Å². The minimum Gasteiger partial charge on any atom is -0.377 e. The van der Waals surface area contributed by atoms with Gasteiger partial charge in [0.1, 0.15) is 12.2 Å². The van der Waals surface area contributed by atoms with Crippen LogP contribution in [-0.2, 0) is 14.3 Å². The van der Waals surface area contributed by atoms with Gasteiger partial charge in [0, 0.05) is 39.8 Å². The molecule has 1 amide bonds. The smallest absolute Gasteiger partial charge is 0.222 e. The molecule has 5 heteroatoms. The lowest BCUT2D eigenvalue weighted by molar-refractivity contribution is -0.131. The van der Waals surface area contributed by atoms with Crippen LogP contribution in [0.5, 0.6) is 0 Å². The first-order valence-electron chi connectivity index (χ1n) is 7.31. The Balaban J connectivity index is 1.74. The van der Waals surface area contributed by atoms with Gasteiger partial charge in [-0.25, -0.2) is 0 Å². The average molecular weight is 270 g/mol. The number of nitrogens with one attached hydrogen (secondary N) is 1. The third kappa shape index (κ3) is 3.91. The second-order valence-corrected chi connectivity index (χ2v) is 5.53. The molecule has 0 aliphatic carbocycles. The van der Waals surface area contributed by atoms with Crippen LogP contribution in [0.2, 0.25) is 0 Å². The van der Waals surface area contributed by atoms with Crippen molar-refractivity contribution in [2.75, 3.05) is 33.9 Å². The Morgan fingerprint density at radius 2 is 1.89 bits per heavy atom. The number of nitrogens with zero attached hydrogens (tertiary/aromatic N) is 1. The molecular weight excluding hydrogens is 244 g/mol. The van der Waals surface area contributed by atoms with Crippen LogP contribution < -0.4 is 5.32 Å². The summed E-state index contributed by atoms with van der Waals surface area (Å²) in [6.07, 6.45) is 5.36. The Labute approximate surface area is 115 Å². The molecule has 2 heterocycles. The SMILES string of the molecule is COC1CN(C(=O)CCC2CCCCN2)CC1OC. The minimum atomic E-state index is 0.0155. The zero-order valence-electron chi connectivity index (χ0n) is 12.1. The van der Waals surface area contributed by atoms with Crippen molar-refractivity contribution in [3.63, 3.8) is 0 Å². The summed E-state index contributed by atoms with van der Waals surface area (Å²) >= 11 is 0. The monoisotopic (exact) mass is 270 g/mol. The highest BCUT2D eigenvalue weighted by Gasteiger charge is 2.35. The van der Waals surface area contributed by atoms with Gasteiger partial charge in [0.15, 0.2) is 0 Å². The molecule has 2 saturated heterocycles. The van der Waals surface area contributed by atoms with Gasteiger partial charge in [-0.05, 0) is 25.8 Å². The number of likely N-dealkylation sites (tertiary alicyclic amines) is 1. The minimum absolute atomic E-state index is 0.0155. The first-order chi connectivity index (χ1) is 9.24. The Morgan fingerprint density at radius 1 is 1.21 bits per heavy atom. The van der Waals surface area contributed by atoms with Crippen molar-refractivity contribution in [3.8, 4) is 0 Å². The van der Waals surface area contributed by atoms with E-state index in [0.29, 0.717) is 25.6 Å². The maximum atomic E-state index is 12.2. The average Bonchev–Trinajstić information content (AvgIpc) is 2.89. The predicted molar refractivity (Wildman–Crippen MR) is 73.0 cm³/mol. The summed E-state index contributed by atoms with van der Waals surface area (Å²) in [5.74, 6) is 0.231. The van der Waals surface area contributed by atoms with Gasteiger partial charge in [0.05, 0.1) is 0 Å². The molecule has 3 atom stereocenters. The van der Waals surface area contributed by atoms with Crippen LogP contribution in [0.1, 0.15) is 32.1 Å². The lowest BCUT2D eigenvalue weighted by atomic mass is 10.0. The molecular formula is C14H26N2O3. The molecule has 110 valence electrons. The number of hydrogen-bond donors (Lipinski definition) is 1. The Morgan fingerprint density at radius 3 is 2.42 bits per heavy atom. The summed E-state index contributed by atoms with van der Waals surface area (Å²) in [6.45, 7) is 2.41. The van der Waals surface area contributed by atoms with Gasteiger partial charge in [0.25, 0.3) is 0 Å². The zero-order valence-corrected chi connectivity index (χ0v) is 12.1. The van der Waals surface area contributed by atoms with E-state index >= 15 is 0 Å². The number of methoxy groups -OCH3 is 2. The fourth-order valence-electron chi connectivity index (χ4n) is 3.03. The van der Waals surface area contributed by atoms with Crippen molar-refractivity contribution in [2.45, 2.75) is 50.4 Å². The van der Waals surface area contributed by atoms with E-state index in [-0.39, 0.29) is 18.1 Å². The molecule has 2 rings (SSSR count). The number of ether oxygens (including phenoxy) is 2. The van der Waals surface area contributed by atoms with E-state index in [4.69, 9.17) is 9.47 Å². The van der Waals surface area contributed by atoms with E-state index in [9.17, 15) is 4.79 Å². The summed E-state index contributed by atoms with van der Waals surface area (Å²) in [5.41, 5.74) is 0. The van der Waals surface area contributed by atoms with Crippen LogP contribution in [0, 0.1) is 0 Å². The van der Waals surface area contributed by atoms with Gasteiger partial charge in [-0.15, -0.1) is 0 Å². The molecule has 0 aromatic heterocycles. The number of carbonyl (C=O) groups is 1. The Kier molecular flexibility index (Phi) is 5.60. The normalized spacial score (nSPS) is 31.7. The second-order valence-electron chi connectivity index (χ2n) is 5.53. The van der Waals surface area contributed by atoms with Crippen molar-refractivity contribution in [3.05, 3.63) is 0 Å². The lowest BCUT2D eigenvalue weighted by Gasteiger charge is -2.24. The first kappa shape index (κ1) is 14.8. The molecule has 0 bridgehead atoms. The third-order valence-electron chi connectivity index (χ3n) is 4.29. The van der Waals surface area contributed by atoms with Crippen LogP contribution in [0.4, 0.5) is 0 Å². The number of hydrogen-bond acceptors (Lipinski definition) is 4. The van der Waals surface area contributed by atoms with E-state index in [1.54, 1.807) is 14.2 Å². The summed E-state index contributed by atoms with van der Waals surface area (Å²) in [4.78, 5) is 14.1. The van der Waals surface area contributed by atoms with Crippen molar-refractivity contribution >= 4 is 5.91 Å². The standard InChI is InChI=1S/C14H26N2O3/c1-18-12-9-16(10-13(12)19-2)14(17)7-6-11-5-3-4-8-15-11/h11-13,15H,3-10H2,1-2H3. The van der Waals surface area contributed by atoms with Crippen LogP contribution in [0.15, 0.2) is 0 Å². The van der Waals surface area contributed by atoms with Gasteiger partial charge in [-0.2, -0.15) is 0 Å². The maximum Gasteiger partial charge on any atom is 0.222 e. The first-order valence-corrected chi connectivity index (χ1v) is 7.31. The predicted octanol–water partition coefficient (Wildman–Crippen LogP) is 0.781. The molecule has 1 N–H and O–H groups in total. The summed E-state index contributed by atoms with van der Waals surface area (Å²) in [5, 5.41) is 3.48. The summed E-state index contributed by atoms with van der Waals surface area (Å²) in [6, 6.07) is 0.525. The molecule has 0 radical (unpaired) electrons. The Bertz CT molecular complexity index is 280. The van der Waals surface area contributed by atoms with E-state index in [1.807, 2.05) is 4.90 Å². The highest BCUT2D eigenvalue weighted by molar-refractivity contribution is 5.76. The molecule has 5 nitrogen and oxygen atoms in total. The lowest BCUT2D eigenvalue weighted by Crippen LogP contribution is -2.36. The van der Waals surface area contributed by atoms with Crippen LogP contribution in [-0.4, -0.2) is 62.9 Å². The summed E-state index contributed by atoms with van der Waals surface area (Å²) < 4.78 is 10.7. The maximum absolute atomic E-state index is 12.2. The van der Waals surface area contributed by atoms with Gasteiger partial charge in [-0.1, -0.05) is 6.42 Å². The van der Waals surface area contributed by atoms with E-state index in [1.165, 1.54) is 19.3 Å². The van der Waals surface area contributed by atoms with Gasteiger partial charge < -0.3 is 19.7 Å². The Hall–Kier alpha value is -0.650. The van der Waals surface area contributed by atoms with E-state index < -0.39 is 0 Å².